The van der Waals surface area contributed by atoms with Gasteiger partial charge in [-0.15, -0.1) is 0 Å². The first-order valence-electron chi connectivity index (χ1n) is 7.80. The van der Waals surface area contributed by atoms with Crippen molar-refractivity contribution in [3.63, 3.8) is 0 Å². The Kier molecular flexibility index (Phi) is 11.9. The third-order valence-corrected chi connectivity index (χ3v) is 3.40. The molecule has 0 aromatic heterocycles. The van der Waals surface area contributed by atoms with Crippen LogP contribution in [0.5, 0.6) is 0 Å². The highest BCUT2D eigenvalue weighted by atomic mass is 16.3. The molecule has 0 aromatic carbocycles. The average Bonchev–Trinajstić information content (AvgIpc) is 2.36. The summed E-state index contributed by atoms with van der Waals surface area (Å²) in [5.41, 5.74) is 0. The van der Waals surface area contributed by atoms with Crippen LogP contribution < -0.4 is 0 Å². The second-order valence-corrected chi connectivity index (χ2v) is 5.44. The molecule has 1 unspecified atom stereocenters. The second kappa shape index (κ2) is 12.3. The Bertz CT molecular complexity index is 246. The molecular formula is C16H30O3. The van der Waals surface area contributed by atoms with Gasteiger partial charge in [-0.3, -0.25) is 9.59 Å². The molecule has 0 bridgehead atoms. The van der Waals surface area contributed by atoms with Gasteiger partial charge in [0.05, 0.1) is 6.42 Å². The Morgan fingerprint density at radius 2 is 1.37 bits per heavy atom. The summed E-state index contributed by atoms with van der Waals surface area (Å²) in [6.45, 7) is 3.63. The van der Waals surface area contributed by atoms with Gasteiger partial charge in [-0.1, -0.05) is 58.3 Å². The molecule has 19 heavy (non-hydrogen) atoms. The van der Waals surface area contributed by atoms with Crippen molar-refractivity contribution in [1.29, 1.82) is 0 Å². The minimum absolute atomic E-state index is 0.0335. The summed E-state index contributed by atoms with van der Waals surface area (Å²) in [6, 6.07) is 0. The quantitative estimate of drug-likeness (QED) is 0.409. The predicted molar refractivity (Wildman–Crippen MR) is 78.2 cm³/mol. The summed E-state index contributed by atoms with van der Waals surface area (Å²) in [5, 5.41) is 9.00. The topological polar surface area (TPSA) is 54.4 Å². The van der Waals surface area contributed by atoms with Crippen molar-refractivity contribution in [2.24, 2.45) is 0 Å². The molecular weight excluding hydrogens is 240 g/mol. The van der Waals surface area contributed by atoms with Crippen molar-refractivity contribution in [1.82, 2.24) is 0 Å². The molecule has 0 fully saturated rings. The zero-order chi connectivity index (χ0) is 14.5. The third-order valence-electron chi connectivity index (χ3n) is 3.40. The van der Waals surface area contributed by atoms with Crippen LogP contribution in [-0.4, -0.2) is 22.8 Å². The maximum atomic E-state index is 11.4. The molecule has 0 amide bonds. The SMILES string of the molecule is CCCCCCCCCCCC(=O)CC(=O)C(C)O. The van der Waals surface area contributed by atoms with Crippen LogP contribution in [0.2, 0.25) is 0 Å². The smallest absolute Gasteiger partial charge is 0.168 e. The number of ketones is 2. The van der Waals surface area contributed by atoms with Crippen LogP contribution in [0.3, 0.4) is 0 Å². The number of hydrogen-bond acceptors (Lipinski definition) is 3. The highest BCUT2D eigenvalue weighted by molar-refractivity contribution is 6.00. The van der Waals surface area contributed by atoms with Crippen LogP contribution in [0.1, 0.15) is 84.5 Å². The zero-order valence-corrected chi connectivity index (χ0v) is 12.6. The average molecular weight is 270 g/mol. The molecule has 0 saturated carbocycles. The fourth-order valence-corrected chi connectivity index (χ4v) is 2.06. The van der Waals surface area contributed by atoms with E-state index >= 15 is 0 Å². The molecule has 0 heterocycles. The van der Waals surface area contributed by atoms with E-state index in [2.05, 4.69) is 6.92 Å². The Balaban J connectivity index is 3.30. The lowest BCUT2D eigenvalue weighted by Gasteiger charge is -2.03. The largest absolute Gasteiger partial charge is 0.386 e. The van der Waals surface area contributed by atoms with E-state index in [1.165, 1.54) is 51.9 Å². The van der Waals surface area contributed by atoms with E-state index in [0.29, 0.717) is 6.42 Å². The monoisotopic (exact) mass is 270 g/mol. The molecule has 0 radical (unpaired) electrons. The van der Waals surface area contributed by atoms with Crippen molar-refractivity contribution < 1.29 is 14.7 Å². The Morgan fingerprint density at radius 3 is 1.84 bits per heavy atom. The highest BCUT2D eigenvalue weighted by Gasteiger charge is 2.13. The van der Waals surface area contributed by atoms with Gasteiger partial charge in [0.15, 0.2) is 5.78 Å². The van der Waals surface area contributed by atoms with Crippen LogP contribution in [0.15, 0.2) is 0 Å². The predicted octanol–water partition coefficient (Wildman–Crippen LogP) is 3.82. The number of aliphatic hydroxyl groups is 1. The molecule has 0 aromatic rings. The molecule has 0 aliphatic heterocycles. The Hall–Kier alpha value is -0.700. The minimum atomic E-state index is -1.01. The lowest BCUT2D eigenvalue weighted by atomic mass is 10.0. The van der Waals surface area contributed by atoms with Crippen LogP contribution in [-0.2, 0) is 9.59 Å². The molecule has 1 atom stereocenters. The Morgan fingerprint density at radius 1 is 0.895 bits per heavy atom. The molecule has 3 nitrogen and oxygen atoms in total. The van der Waals surface area contributed by atoms with E-state index in [1.54, 1.807) is 0 Å². The van der Waals surface area contributed by atoms with Gasteiger partial charge in [0.2, 0.25) is 0 Å². The molecule has 0 aliphatic carbocycles. The van der Waals surface area contributed by atoms with Crippen molar-refractivity contribution >= 4 is 11.6 Å². The number of hydrogen-bond donors (Lipinski definition) is 1. The molecule has 3 heteroatoms. The number of carbonyl (C=O) groups excluding carboxylic acids is 2. The van der Waals surface area contributed by atoms with Crippen molar-refractivity contribution in [2.45, 2.75) is 90.6 Å². The highest BCUT2D eigenvalue weighted by Crippen LogP contribution is 2.11. The maximum absolute atomic E-state index is 11.4. The normalized spacial score (nSPS) is 12.4. The standard InChI is InChI=1S/C16H30O3/c1-3-4-5-6-7-8-9-10-11-12-15(18)13-16(19)14(2)17/h14,17H,3-13H2,1-2H3. The molecule has 1 N–H and O–H groups in total. The van der Waals surface area contributed by atoms with Gasteiger partial charge in [0, 0.05) is 6.42 Å². The fourth-order valence-electron chi connectivity index (χ4n) is 2.06. The van der Waals surface area contributed by atoms with Crippen molar-refractivity contribution in [3.8, 4) is 0 Å². The Labute approximate surface area is 117 Å². The van der Waals surface area contributed by atoms with E-state index in [4.69, 9.17) is 5.11 Å². The number of carbonyl (C=O) groups is 2. The summed E-state index contributed by atoms with van der Waals surface area (Å²) < 4.78 is 0. The summed E-state index contributed by atoms with van der Waals surface area (Å²) in [4.78, 5) is 22.6. The number of unbranched alkanes of at least 4 members (excludes halogenated alkanes) is 8. The molecule has 0 saturated heterocycles. The summed E-state index contributed by atoms with van der Waals surface area (Å²) in [5.74, 6) is -0.394. The first-order valence-corrected chi connectivity index (χ1v) is 7.80. The first kappa shape index (κ1) is 18.3. The number of rotatable bonds is 13. The van der Waals surface area contributed by atoms with E-state index < -0.39 is 6.10 Å². The maximum Gasteiger partial charge on any atom is 0.168 e. The van der Waals surface area contributed by atoms with Crippen LogP contribution in [0.25, 0.3) is 0 Å². The van der Waals surface area contributed by atoms with E-state index in [0.717, 1.165) is 12.8 Å². The summed E-state index contributed by atoms with van der Waals surface area (Å²) >= 11 is 0. The zero-order valence-electron chi connectivity index (χ0n) is 12.6. The minimum Gasteiger partial charge on any atom is -0.386 e. The van der Waals surface area contributed by atoms with E-state index in [9.17, 15) is 9.59 Å². The number of Topliss-reactive ketones (excluding diaryl/α,β-unsaturated/α-hetero) is 2. The lowest BCUT2D eigenvalue weighted by molar-refractivity contribution is -0.131. The van der Waals surface area contributed by atoms with Crippen LogP contribution in [0.4, 0.5) is 0 Å². The summed E-state index contributed by atoms with van der Waals surface area (Å²) in [7, 11) is 0. The van der Waals surface area contributed by atoms with Gasteiger partial charge >= 0.3 is 0 Å². The van der Waals surface area contributed by atoms with Crippen LogP contribution >= 0.6 is 0 Å². The van der Waals surface area contributed by atoms with E-state index in [1.807, 2.05) is 0 Å². The van der Waals surface area contributed by atoms with E-state index in [-0.39, 0.29) is 18.0 Å². The van der Waals surface area contributed by atoms with Crippen molar-refractivity contribution in [3.05, 3.63) is 0 Å². The molecule has 0 spiro atoms. The summed E-state index contributed by atoms with van der Waals surface area (Å²) in [6.07, 6.45) is 10.4. The van der Waals surface area contributed by atoms with Crippen molar-refractivity contribution in [2.75, 3.05) is 0 Å². The van der Waals surface area contributed by atoms with Gasteiger partial charge in [-0.25, -0.2) is 0 Å². The lowest BCUT2D eigenvalue weighted by Crippen LogP contribution is -2.19. The fraction of sp³-hybridized carbons (Fsp3) is 0.875. The van der Waals surface area contributed by atoms with Gasteiger partial charge in [0.1, 0.15) is 11.9 Å². The third kappa shape index (κ3) is 12.1. The van der Waals surface area contributed by atoms with Gasteiger partial charge < -0.3 is 5.11 Å². The first-order chi connectivity index (χ1) is 9.07. The van der Waals surface area contributed by atoms with Crippen LogP contribution in [0, 0.1) is 0 Å². The molecule has 0 rings (SSSR count). The number of aliphatic hydroxyl groups excluding tert-OH is 1. The van der Waals surface area contributed by atoms with Gasteiger partial charge in [-0.05, 0) is 13.3 Å². The molecule has 0 aliphatic rings. The second-order valence-electron chi connectivity index (χ2n) is 5.44. The van der Waals surface area contributed by atoms with Gasteiger partial charge in [-0.2, -0.15) is 0 Å². The van der Waals surface area contributed by atoms with Gasteiger partial charge in [0.25, 0.3) is 0 Å². The molecule has 112 valence electrons.